The van der Waals surface area contributed by atoms with E-state index in [1.54, 1.807) is 19.2 Å². The summed E-state index contributed by atoms with van der Waals surface area (Å²) in [5, 5.41) is 13.8. The van der Waals surface area contributed by atoms with Crippen LogP contribution in [0.2, 0.25) is 0 Å². The van der Waals surface area contributed by atoms with Crippen LogP contribution in [0.5, 0.6) is 0 Å². The van der Waals surface area contributed by atoms with Crippen LogP contribution in [0.3, 0.4) is 0 Å². The number of amides is 2. The number of nitrogens with zero attached hydrogens (tertiary/aromatic N) is 1. The number of fused-ring (bicyclic) bond motifs is 1. The maximum absolute atomic E-state index is 12.2. The van der Waals surface area contributed by atoms with E-state index in [4.69, 9.17) is 0 Å². The van der Waals surface area contributed by atoms with E-state index in [1.165, 1.54) is 16.2 Å². The van der Waals surface area contributed by atoms with Crippen molar-refractivity contribution in [3.63, 3.8) is 0 Å². The van der Waals surface area contributed by atoms with E-state index in [2.05, 4.69) is 5.32 Å². The summed E-state index contributed by atoms with van der Waals surface area (Å²) < 4.78 is 11.3. The van der Waals surface area contributed by atoms with Gasteiger partial charge in [-0.2, -0.15) is 0 Å². The second-order valence-corrected chi connectivity index (χ2v) is 7.78. The lowest BCUT2D eigenvalue weighted by Crippen LogP contribution is -2.49. The van der Waals surface area contributed by atoms with Gasteiger partial charge in [-0.1, -0.05) is 0 Å². The van der Waals surface area contributed by atoms with E-state index in [9.17, 15) is 18.9 Å². The molecule has 1 aromatic rings. The Labute approximate surface area is 129 Å². The van der Waals surface area contributed by atoms with Crippen molar-refractivity contribution >= 4 is 34.1 Å². The molecule has 21 heavy (non-hydrogen) atoms. The molecule has 0 aromatic carbocycles. The predicted molar refractivity (Wildman–Crippen MR) is 82.0 cm³/mol. The number of carboxylic acid groups (broad SMARTS) is 1. The summed E-state index contributed by atoms with van der Waals surface area (Å²) in [5.74, 6) is -1.03. The highest BCUT2D eigenvalue weighted by molar-refractivity contribution is 7.84. The molecule has 6 nitrogen and oxygen atoms in total. The quantitative estimate of drug-likeness (QED) is 0.869. The third-order valence-corrected chi connectivity index (χ3v) is 5.86. The highest BCUT2D eigenvalue weighted by Gasteiger charge is 2.36. The van der Waals surface area contributed by atoms with Crippen LogP contribution in [0.15, 0.2) is 11.4 Å². The lowest BCUT2D eigenvalue weighted by molar-refractivity contribution is -0.142. The number of rotatable bonds is 4. The van der Waals surface area contributed by atoms with Crippen LogP contribution in [-0.4, -0.2) is 50.8 Å². The molecule has 2 rings (SSSR count). The van der Waals surface area contributed by atoms with Crippen molar-refractivity contribution in [2.45, 2.75) is 24.6 Å². The summed E-state index contributed by atoms with van der Waals surface area (Å²) in [6, 6.07) is 0.404. The minimum atomic E-state index is -1.03. The number of hydrogen-bond acceptors (Lipinski definition) is 4. The van der Waals surface area contributed by atoms with Gasteiger partial charge in [-0.3, -0.25) is 4.21 Å². The molecule has 1 aromatic heterocycles. The molecule has 8 heteroatoms. The van der Waals surface area contributed by atoms with Crippen LogP contribution < -0.4 is 5.32 Å². The standard InChI is InChI=1S/C13H18N2O4S2/c1-8(21(2)19)7-14-13(18)15-5-3-10-9(4-6-20-10)11(15)12(16)17/h4,6,8,11H,3,5,7H2,1-2H3,(H,14,18)(H,16,17). The summed E-state index contributed by atoms with van der Waals surface area (Å²) in [6.45, 7) is 2.42. The van der Waals surface area contributed by atoms with Gasteiger partial charge in [-0.15, -0.1) is 11.3 Å². The van der Waals surface area contributed by atoms with E-state index in [1.807, 2.05) is 5.38 Å². The van der Waals surface area contributed by atoms with Gasteiger partial charge < -0.3 is 15.3 Å². The van der Waals surface area contributed by atoms with Crippen molar-refractivity contribution in [3.05, 3.63) is 21.9 Å². The fourth-order valence-corrected chi connectivity index (χ4v) is 3.47. The van der Waals surface area contributed by atoms with Crippen LogP contribution in [0.1, 0.15) is 23.4 Å². The van der Waals surface area contributed by atoms with Gasteiger partial charge in [0.1, 0.15) is 0 Å². The lowest BCUT2D eigenvalue weighted by Gasteiger charge is -2.33. The first-order valence-electron chi connectivity index (χ1n) is 6.57. The maximum atomic E-state index is 12.2. The van der Waals surface area contributed by atoms with Gasteiger partial charge in [0.15, 0.2) is 6.04 Å². The average molecular weight is 330 g/mol. The summed E-state index contributed by atoms with van der Waals surface area (Å²) in [6.07, 6.45) is 2.24. The molecule has 0 fully saturated rings. The monoisotopic (exact) mass is 330 g/mol. The van der Waals surface area contributed by atoms with E-state index < -0.39 is 28.8 Å². The van der Waals surface area contributed by atoms with E-state index >= 15 is 0 Å². The fraction of sp³-hybridized carbons (Fsp3) is 0.538. The second kappa shape index (κ2) is 6.57. The Morgan fingerprint density at radius 3 is 2.95 bits per heavy atom. The molecule has 116 valence electrons. The molecule has 1 aliphatic rings. The SMILES string of the molecule is CC(CNC(=O)N1CCc2sccc2C1C(=O)O)S(C)=O. The van der Waals surface area contributed by atoms with Gasteiger partial charge in [0.25, 0.3) is 0 Å². The van der Waals surface area contributed by atoms with Gasteiger partial charge in [-0.25, -0.2) is 9.59 Å². The van der Waals surface area contributed by atoms with Crippen molar-refractivity contribution in [3.8, 4) is 0 Å². The van der Waals surface area contributed by atoms with Crippen LogP contribution in [0.25, 0.3) is 0 Å². The number of hydrogen-bond donors (Lipinski definition) is 2. The first-order valence-corrected chi connectivity index (χ1v) is 9.07. The molecule has 2 heterocycles. The highest BCUT2D eigenvalue weighted by atomic mass is 32.2. The Kier molecular flexibility index (Phi) is 5.00. The largest absolute Gasteiger partial charge is 0.479 e. The zero-order valence-electron chi connectivity index (χ0n) is 11.9. The highest BCUT2D eigenvalue weighted by Crippen LogP contribution is 2.33. The first-order chi connectivity index (χ1) is 9.91. The molecule has 0 spiro atoms. The minimum absolute atomic E-state index is 0.168. The number of aliphatic carboxylic acids is 1. The van der Waals surface area contributed by atoms with Crippen LogP contribution in [-0.2, 0) is 22.0 Å². The number of carbonyl (C=O) groups excluding carboxylic acids is 1. The molecule has 0 radical (unpaired) electrons. The Balaban J connectivity index is 2.10. The Hall–Kier alpha value is -1.41. The van der Waals surface area contributed by atoms with Crippen LogP contribution >= 0.6 is 11.3 Å². The zero-order chi connectivity index (χ0) is 15.6. The molecule has 2 amide bonds. The molecule has 3 atom stereocenters. The van der Waals surface area contributed by atoms with Gasteiger partial charge in [0, 0.05) is 40.3 Å². The summed E-state index contributed by atoms with van der Waals surface area (Å²) in [7, 11) is -1.03. The number of carbonyl (C=O) groups is 2. The van der Waals surface area contributed by atoms with Crippen molar-refractivity contribution in [1.82, 2.24) is 10.2 Å². The van der Waals surface area contributed by atoms with Crippen LogP contribution in [0, 0.1) is 0 Å². The Morgan fingerprint density at radius 1 is 1.62 bits per heavy atom. The van der Waals surface area contributed by atoms with Gasteiger partial charge in [0.2, 0.25) is 0 Å². The number of urea groups is 1. The van der Waals surface area contributed by atoms with Crippen molar-refractivity contribution in [2.24, 2.45) is 0 Å². The second-order valence-electron chi connectivity index (χ2n) is 4.98. The maximum Gasteiger partial charge on any atom is 0.331 e. The van der Waals surface area contributed by atoms with E-state index in [0.29, 0.717) is 18.5 Å². The summed E-state index contributed by atoms with van der Waals surface area (Å²) in [4.78, 5) is 26.1. The molecule has 0 saturated carbocycles. The molecular formula is C13H18N2O4S2. The molecule has 0 bridgehead atoms. The van der Waals surface area contributed by atoms with Gasteiger partial charge in [-0.05, 0) is 30.4 Å². The van der Waals surface area contributed by atoms with E-state index in [-0.39, 0.29) is 11.8 Å². The molecule has 0 saturated heterocycles. The van der Waals surface area contributed by atoms with Crippen molar-refractivity contribution in [1.29, 1.82) is 0 Å². The normalized spacial score (nSPS) is 20.5. The number of thiophene rings is 1. The fourth-order valence-electron chi connectivity index (χ4n) is 2.25. The summed E-state index contributed by atoms with van der Waals surface area (Å²) >= 11 is 1.52. The Bertz CT molecular complexity index is 572. The van der Waals surface area contributed by atoms with Crippen LogP contribution in [0.4, 0.5) is 4.79 Å². The topological polar surface area (TPSA) is 86.7 Å². The number of carboxylic acids is 1. The zero-order valence-corrected chi connectivity index (χ0v) is 13.5. The third-order valence-electron chi connectivity index (χ3n) is 3.57. The lowest BCUT2D eigenvalue weighted by atomic mass is 10.0. The molecule has 2 N–H and O–H groups in total. The Morgan fingerprint density at radius 2 is 2.33 bits per heavy atom. The first kappa shape index (κ1) is 16.0. The molecule has 3 unspecified atom stereocenters. The van der Waals surface area contributed by atoms with Gasteiger partial charge >= 0.3 is 12.0 Å². The van der Waals surface area contributed by atoms with Crippen molar-refractivity contribution in [2.75, 3.05) is 19.3 Å². The molecule has 1 aliphatic heterocycles. The average Bonchev–Trinajstić information content (AvgIpc) is 2.90. The van der Waals surface area contributed by atoms with E-state index in [0.717, 1.165) is 4.88 Å². The number of nitrogens with one attached hydrogen (secondary N) is 1. The third kappa shape index (κ3) is 3.44. The summed E-state index contributed by atoms with van der Waals surface area (Å²) in [5.41, 5.74) is 0.695. The van der Waals surface area contributed by atoms with Crippen molar-refractivity contribution < 1.29 is 18.9 Å². The predicted octanol–water partition coefficient (Wildman–Crippen LogP) is 1.21. The minimum Gasteiger partial charge on any atom is -0.479 e. The smallest absolute Gasteiger partial charge is 0.331 e. The molecule has 0 aliphatic carbocycles. The van der Waals surface area contributed by atoms with Gasteiger partial charge in [0.05, 0.1) is 0 Å². The molecular weight excluding hydrogens is 312 g/mol.